The molecule has 2 aromatic carbocycles. The van der Waals surface area contributed by atoms with Gasteiger partial charge in [-0.2, -0.15) is 0 Å². The van der Waals surface area contributed by atoms with E-state index in [1.165, 1.54) is 24.3 Å². The summed E-state index contributed by atoms with van der Waals surface area (Å²) >= 11 is 0. The highest BCUT2D eigenvalue weighted by molar-refractivity contribution is 5.40. The van der Waals surface area contributed by atoms with Gasteiger partial charge in [0.2, 0.25) is 0 Å². The normalized spacial score (nSPS) is 19.5. The van der Waals surface area contributed by atoms with Crippen molar-refractivity contribution >= 4 is 5.82 Å². The molecule has 1 aliphatic heterocycles. The van der Waals surface area contributed by atoms with Crippen LogP contribution in [0.2, 0.25) is 0 Å². The van der Waals surface area contributed by atoms with Gasteiger partial charge in [-0.25, -0.2) is 13.8 Å². The van der Waals surface area contributed by atoms with Crippen LogP contribution in [0.4, 0.5) is 14.6 Å². The first-order chi connectivity index (χ1) is 15.5. The van der Waals surface area contributed by atoms with Crippen LogP contribution in [0.5, 0.6) is 0 Å². The van der Waals surface area contributed by atoms with Crippen molar-refractivity contribution in [3.05, 3.63) is 95.7 Å². The van der Waals surface area contributed by atoms with Crippen LogP contribution in [0.25, 0.3) is 0 Å². The number of hydrogen-bond donors (Lipinski definition) is 0. The van der Waals surface area contributed by atoms with E-state index < -0.39 is 0 Å². The summed E-state index contributed by atoms with van der Waals surface area (Å²) in [7, 11) is 0. The largest absolute Gasteiger partial charge is 0.351 e. The van der Waals surface area contributed by atoms with Crippen LogP contribution in [-0.4, -0.2) is 41.6 Å². The second-order valence-electron chi connectivity index (χ2n) is 8.83. The molecule has 1 saturated heterocycles. The van der Waals surface area contributed by atoms with E-state index in [1.54, 1.807) is 0 Å². The average Bonchev–Trinajstić information content (AvgIpc) is 2.81. The topological polar surface area (TPSA) is 19.4 Å². The lowest BCUT2D eigenvalue weighted by molar-refractivity contribution is 0.162. The number of pyridine rings is 1. The molecule has 1 aromatic heterocycles. The molecular formula is C27H31F2N3. The van der Waals surface area contributed by atoms with Gasteiger partial charge in [0.1, 0.15) is 17.5 Å². The van der Waals surface area contributed by atoms with E-state index in [9.17, 15) is 8.78 Å². The van der Waals surface area contributed by atoms with Crippen molar-refractivity contribution in [3.63, 3.8) is 0 Å². The molecule has 3 aromatic rings. The lowest BCUT2D eigenvalue weighted by Crippen LogP contribution is -2.56. The molecule has 0 amide bonds. The Kier molecular flexibility index (Phi) is 7.15. The summed E-state index contributed by atoms with van der Waals surface area (Å²) in [5.74, 6) is 0.693. The molecule has 5 heteroatoms. The first kappa shape index (κ1) is 22.4. The second kappa shape index (κ2) is 10.2. The number of hydrogen-bond acceptors (Lipinski definition) is 3. The van der Waals surface area contributed by atoms with Gasteiger partial charge >= 0.3 is 0 Å². The zero-order valence-corrected chi connectivity index (χ0v) is 18.8. The third-order valence-corrected chi connectivity index (χ3v) is 6.54. The van der Waals surface area contributed by atoms with Gasteiger partial charge in [0, 0.05) is 37.3 Å². The fourth-order valence-electron chi connectivity index (χ4n) is 4.77. The third-order valence-electron chi connectivity index (χ3n) is 6.54. The minimum Gasteiger partial charge on any atom is -0.351 e. The third kappa shape index (κ3) is 5.33. The highest BCUT2D eigenvalue weighted by Gasteiger charge is 2.29. The lowest BCUT2D eigenvalue weighted by atomic mass is 9.87. The van der Waals surface area contributed by atoms with Crippen molar-refractivity contribution in [1.29, 1.82) is 0 Å². The molecule has 0 saturated carbocycles. The number of rotatable bonds is 7. The minimum absolute atomic E-state index is 0.124. The Labute approximate surface area is 189 Å². The number of nitrogens with zero attached hydrogens (tertiary/aromatic N) is 3. The van der Waals surface area contributed by atoms with Crippen LogP contribution in [0.3, 0.4) is 0 Å². The van der Waals surface area contributed by atoms with E-state index in [4.69, 9.17) is 0 Å². The lowest BCUT2D eigenvalue weighted by Gasteiger charge is -2.45. The Hall–Kier alpha value is -2.79. The monoisotopic (exact) mass is 435 g/mol. The zero-order chi connectivity index (χ0) is 22.5. The fourth-order valence-corrected chi connectivity index (χ4v) is 4.77. The van der Waals surface area contributed by atoms with E-state index in [1.807, 2.05) is 42.6 Å². The molecule has 0 radical (unpaired) electrons. The molecule has 0 bridgehead atoms. The van der Waals surface area contributed by atoms with Gasteiger partial charge in [0.15, 0.2) is 0 Å². The molecule has 2 heterocycles. The van der Waals surface area contributed by atoms with Crippen molar-refractivity contribution in [2.24, 2.45) is 0 Å². The summed E-state index contributed by atoms with van der Waals surface area (Å²) in [6.45, 7) is 7.49. The summed E-state index contributed by atoms with van der Waals surface area (Å²) < 4.78 is 26.9. The van der Waals surface area contributed by atoms with E-state index in [0.717, 1.165) is 49.4 Å². The average molecular weight is 436 g/mol. The maximum absolute atomic E-state index is 13.5. The van der Waals surface area contributed by atoms with Gasteiger partial charge in [-0.3, -0.25) is 4.90 Å². The van der Waals surface area contributed by atoms with Crippen LogP contribution in [0.1, 0.15) is 43.7 Å². The maximum atomic E-state index is 13.5. The second-order valence-corrected chi connectivity index (χ2v) is 8.83. The molecule has 3 nitrogen and oxygen atoms in total. The number of piperazine rings is 1. The summed E-state index contributed by atoms with van der Waals surface area (Å²) in [6.07, 6.45) is 3.79. The van der Waals surface area contributed by atoms with Gasteiger partial charge in [-0.15, -0.1) is 0 Å². The van der Waals surface area contributed by atoms with E-state index in [2.05, 4.69) is 34.7 Å². The van der Waals surface area contributed by atoms with Gasteiger partial charge in [-0.1, -0.05) is 30.3 Å². The maximum Gasteiger partial charge on any atom is 0.128 e. The van der Waals surface area contributed by atoms with Crippen molar-refractivity contribution in [3.8, 4) is 0 Å². The molecule has 1 aliphatic rings. The quantitative estimate of drug-likeness (QED) is 0.463. The van der Waals surface area contributed by atoms with Crippen molar-refractivity contribution in [2.45, 2.75) is 44.7 Å². The smallest absolute Gasteiger partial charge is 0.128 e. The summed E-state index contributed by atoms with van der Waals surface area (Å²) in [4.78, 5) is 9.47. The van der Waals surface area contributed by atoms with Crippen LogP contribution in [0.15, 0.2) is 72.9 Å². The Bertz CT molecular complexity index is 931. The molecule has 168 valence electrons. The van der Waals surface area contributed by atoms with Gasteiger partial charge in [0.25, 0.3) is 0 Å². The van der Waals surface area contributed by atoms with Crippen molar-refractivity contribution in [1.82, 2.24) is 9.88 Å². The molecule has 4 rings (SSSR count). The van der Waals surface area contributed by atoms with Gasteiger partial charge < -0.3 is 4.90 Å². The minimum atomic E-state index is -0.236. The highest BCUT2D eigenvalue weighted by atomic mass is 19.1. The van der Waals surface area contributed by atoms with E-state index in [0.29, 0.717) is 12.1 Å². The fraction of sp³-hybridized carbons (Fsp3) is 0.370. The summed E-state index contributed by atoms with van der Waals surface area (Å²) in [5, 5.41) is 0. The molecule has 0 N–H and O–H groups in total. The zero-order valence-electron chi connectivity index (χ0n) is 18.8. The molecule has 0 aliphatic carbocycles. The highest BCUT2D eigenvalue weighted by Crippen LogP contribution is 2.30. The Morgan fingerprint density at radius 2 is 1.47 bits per heavy atom. The van der Waals surface area contributed by atoms with Crippen LogP contribution in [-0.2, 0) is 0 Å². The molecule has 32 heavy (non-hydrogen) atoms. The van der Waals surface area contributed by atoms with Gasteiger partial charge in [0.05, 0.1) is 0 Å². The van der Waals surface area contributed by atoms with Crippen LogP contribution in [0, 0.1) is 11.6 Å². The van der Waals surface area contributed by atoms with Crippen molar-refractivity contribution in [2.75, 3.05) is 24.5 Å². The first-order valence-electron chi connectivity index (χ1n) is 11.4. The Morgan fingerprint density at radius 3 is 2.03 bits per heavy atom. The number of halogens is 2. The van der Waals surface area contributed by atoms with E-state index >= 15 is 0 Å². The van der Waals surface area contributed by atoms with E-state index in [-0.39, 0.29) is 17.6 Å². The molecular weight excluding hydrogens is 404 g/mol. The predicted octanol–water partition coefficient (Wildman–Crippen LogP) is 5.87. The molecule has 0 spiro atoms. The van der Waals surface area contributed by atoms with Gasteiger partial charge in [-0.05, 0) is 80.8 Å². The number of aromatic nitrogens is 1. The molecule has 2 atom stereocenters. The molecule has 1 fully saturated rings. The first-order valence-corrected chi connectivity index (χ1v) is 11.4. The summed E-state index contributed by atoms with van der Waals surface area (Å²) in [6, 6.07) is 20.3. The van der Waals surface area contributed by atoms with Crippen LogP contribution >= 0.6 is 0 Å². The number of benzene rings is 2. The predicted molar refractivity (Wildman–Crippen MR) is 126 cm³/mol. The summed E-state index contributed by atoms with van der Waals surface area (Å²) in [5.41, 5.74) is 2.14. The van der Waals surface area contributed by atoms with Crippen molar-refractivity contribution < 1.29 is 8.78 Å². The standard InChI is InChI=1S/C27H31F2N3/c1-20-19-32(27-7-3-4-16-30-27)21(2)18-31(20)17-5-6-26(22-8-12-24(28)13-9-22)23-10-14-25(29)15-11-23/h3-4,7-16,20-21,26H,5-6,17-19H2,1-2H3/t20-,21+/m0/s1. The molecule has 0 unspecified atom stereocenters. The number of anilines is 1. The SMILES string of the molecule is C[C@@H]1CN(CCCC(c2ccc(F)cc2)c2ccc(F)cc2)[C@@H](C)CN1c1ccccn1. The van der Waals surface area contributed by atoms with Crippen LogP contribution < -0.4 is 4.90 Å². The Morgan fingerprint density at radius 1 is 0.844 bits per heavy atom. The Balaban J connectivity index is 1.40.